The van der Waals surface area contributed by atoms with Gasteiger partial charge in [0.25, 0.3) is 0 Å². The number of rotatable bonds is 2. The molecule has 2 unspecified atom stereocenters. The van der Waals surface area contributed by atoms with E-state index in [1.807, 2.05) is 6.20 Å². The van der Waals surface area contributed by atoms with E-state index in [0.717, 1.165) is 43.9 Å². The van der Waals surface area contributed by atoms with Crippen molar-refractivity contribution in [2.24, 2.45) is 0 Å². The Morgan fingerprint density at radius 2 is 2.33 bits per heavy atom. The highest BCUT2D eigenvalue weighted by Gasteiger charge is 2.26. The molecular formula is C12H19N5O. The summed E-state index contributed by atoms with van der Waals surface area (Å²) in [6, 6.07) is 0.190. The van der Waals surface area contributed by atoms with E-state index in [1.165, 1.54) is 0 Å². The van der Waals surface area contributed by atoms with Crippen LogP contribution in [0.5, 0.6) is 0 Å². The van der Waals surface area contributed by atoms with Crippen molar-refractivity contribution in [2.45, 2.75) is 18.4 Å². The lowest BCUT2D eigenvalue weighted by atomic mass is 9.96. The first-order valence-corrected chi connectivity index (χ1v) is 6.49. The SMILES string of the molecule is Nc1ncc(C2COCCN2)c(C2CCNC2)n1. The summed E-state index contributed by atoms with van der Waals surface area (Å²) in [6.07, 6.45) is 2.96. The monoisotopic (exact) mass is 249 g/mol. The van der Waals surface area contributed by atoms with Crippen LogP contribution < -0.4 is 16.4 Å². The van der Waals surface area contributed by atoms with E-state index in [9.17, 15) is 0 Å². The van der Waals surface area contributed by atoms with Crippen LogP contribution in [0.4, 0.5) is 5.95 Å². The summed E-state index contributed by atoms with van der Waals surface area (Å²) in [4.78, 5) is 8.60. The van der Waals surface area contributed by atoms with Gasteiger partial charge in [0.1, 0.15) is 0 Å². The lowest BCUT2D eigenvalue weighted by molar-refractivity contribution is 0.0763. The van der Waals surface area contributed by atoms with Crippen molar-refractivity contribution in [1.29, 1.82) is 0 Å². The Labute approximate surface area is 106 Å². The van der Waals surface area contributed by atoms with Crippen LogP contribution in [0.1, 0.15) is 29.6 Å². The smallest absolute Gasteiger partial charge is 0.220 e. The highest BCUT2D eigenvalue weighted by molar-refractivity contribution is 5.31. The largest absolute Gasteiger partial charge is 0.378 e. The first kappa shape index (κ1) is 11.8. The van der Waals surface area contributed by atoms with Crippen LogP contribution in [0.15, 0.2) is 6.20 Å². The average Bonchev–Trinajstić information content (AvgIpc) is 2.93. The molecule has 2 aliphatic rings. The van der Waals surface area contributed by atoms with E-state index in [1.54, 1.807) is 0 Å². The molecule has 2 fully saturated rings. The van der Waals surface area contributed by atoms with Gasteiger partial charge >= 0.3 is 0 Å². The summed E-state index contributed by atoms with van der Waals surface area (Å²) in [5, 5.41) is 6.82. The zero-order chi connectivity index (χ0) is 12.4. The molecule has 0 radical (unpaired) electrons. The maximum Gasteiger partial charge on any atom is 0.220 e. The van der Waals surface area contributed by atoms with Crippen molar-refractivity contribution in [3.8, 4) is 0 Å². The molecule has 0 amide bonds. The molecule has 3 heterocycles. The maximum atomic E-state index is 5.73. The number of ether oxygens (including phenoxy) is 1. The molecule has 0 saturated carbocycles. The van der Waals surface area contributed by atoms with Crippen molar-refractivity contribution in [3.63, 3.8) is 0 Å². The van der Waals surface area contributed by atoms with Crippen LogP contribution in [-0.4, -0.2) is 42.8 Å². The quantitative estimate of drug-likeness (QED) is 0.673. The molecule has 6 heteroatoms. The van der Waals surface area contributed by atoms with Crippen LogP contribution in [0.3, 0.4) is 0 Å². The molecule has 98 valence electrons. The van der Waals surface area contributed by atoms with Crippen LogP contribution in [0.25, 0.3) is 0 Å². The second-order valence-corrected chi connectivity index (χ2v) is 4.84. The minimum absolute atomic E-state index is 0.190. The Morgan fingerprint density at radius 3 is 3.06 bits per heavy atom. The highest BCUT2D eigenvalue weighted by atomic mass is 16.5. The number of hydrogen-bond donors (Lipinski definition) is 3. The van der Waals surface area contributed by atoms with Gasteiger partial charge in [-0.05, 0) is 13.0 Å². The molecule has 2 atom stereocenters. The fourth-order valence-electron chi connectivity index (χ4n) is 2.67. The molecule has 2 saturated heterocycles. The van der Waals surface area contributed by atoms with E-state index in [2.05, 4.69) is 20.6 Å². The third-order valence-electron chi connectivity index (χ3n) is 3.61. The van der Waals surface area contributed by atoms with Crippen molar-refractivity contribution in [1.82, 2.24) is 20.6 Å². The van der Waals surface area contributed by atoms with Crippen molar-refractivity contribution >= 4 is 5.95 Å². The zero-order valence-corrected chi connectivity index (χ0v) is 10.4. The predicted octanol–water partition coefficient (Wildman–Crippen LogP) is -0.203. The van der Waals surface area contributed by atoms with Crippen LogP contribution in [0, 0.1) is 0 Å². The van der Waals surface area contributed by atoms with Crippen molar-refractivity contribution < 1.29 is 4.74 Å². The van der Waals surface area contributed by atoms with E-state index >= 15 is 0 Å². The minimum atomic E-state index is 0.190. The molecule has 0 aliphatic carbocycles. The summed E-state index contributed by atoms with van der Waals surface area (Å²) in [6.45, 7) is 4.34. The van der Waals surface area contributed by atoms with Crippen molar-refractivity contribution in [3.05, 3.63) is 17.5 Å². The summed E-state index contributed by atoms with van der Waals surface area (Å²) < 4.78 is 5.52. The van der Waals surface area contributed by atoms with Gasteiger partial charge in [-0.2, -0.15) is 0 Å². The summed E-state index contributed by atoms with van der Waals surface area (Å²) >= 11 is 0. The fraction of sp³-hybridized carbons (Fsp3) is 0.667. The lowest BCUT2D eigenvalue weighted by Gasteiger charge is -2.26. The number of aromatic nitrogens is 2. The van der Waals surface area contributed by atoms with Gasteiger partial charge < -0.3 is 21.1 Å². The Kier molecular flexibility index (Phi) is 3.40. The fourth-order valence-corrected chi connectivity index (χ4v) is 2.67. The topological polar surface area (TPSA) is 85.1 Å². The Morgan fingerprint density at radius 1 is 1.39 bits per heavy atom. The first-order chi connectivity index (χ1) is 8.84. The molecular weight excluding hydrogens is 230 g/mol. The summed E-state index contributed by atoms with van der Waals surface area (Å²) in [5.74, 6) is 0.798. The Balaban J connectivity index is 1.91. The molecule has 0 bridgehead atoms. The molecule has 4 N–H and O–H groups in total. The molecule has 0 spiro atoms. The number of nitrogen functional groups attached to an aromatic ring is 1. The molecule has 1 aromatic heterocycles. The van der Waals surface area contributed by atoms with Crippen LogP contribution in [0.2, 0.25) is 0 Å². The molecule has 18 heavy (non-hydrogen) atoms. The third kappa shape index (κ3) is 2.31. The number of nitrogens with two attached hydrogens (primary N) is 1. The normalized spacial score (nSPS) is 28.4. The van der Waals surface area contributed by atoms with Crippen molar-refractivity contribution in [2.75, 3.05) is 38.6 Å². The first-order valence-electron chi connectivity index (χ1n) is 6.49. The van der Waals surface area contributed by atoms with Crippen LogP contribution >= 0.6 is 0 Å². The second-order valence-electron chi connectivity index (χ2n) is 4.84. The standard InChI is InChI=1S/C12H19N5O/c13-12-16-6-9(10-7-18-4-3-15-10)11(17-12)8-1-2-14-5-8/h6,8,10,14-15H,1-5,7H2,(H2,13,16,17). The summed E-state index contributed by atoms with van der Waals surface area (Å²) in [7, 11) is 0. The van der Waals surface area contributed by atoms with Gasteiger partial charge in [0.05, 0.1) is 24.9 Å². The molecule has 6 nitrogen and oxygen atoms in total. The second kappa shape index (κ2) is 5.17. The molecule has 2 aliphatic heterocycles. The van der Waals surface area contributed by atoms with Gasteiger partial charge in [0.2, 0.25) is 5.95 Å². The van der Waals surface area contributed by atoms with Gasteiger partial charge in [-0.1, -0.05) is 0 Å². The van der Waals surface area contributed by atoms with E-state index in [-0.39, 0.29) is 6.04 Å². The number of nitrogens with zero attached hydrogens (tertiary/aromatic N) is 2. The molecule has 0 aromatic carbocycles. The Bertz CT molecular complexity index is 413. The third-order valence-corrected chi connectivity index (χ3v) is 3.61. The van der Waals surface area contributed by atoms with Gasteiger partial charge in [0, 0.05) is 30.8 Å². The van der Waals surface area contributed by atoms with E-state index in [4.69, 9.17) is 10.5 Å². The van der Waals surface area contributed by atoms with E-state index < -0.39 is 0 Å². The number of nitrogens with one attached hydrogen (secondary N) is 2. The average molecular weight is 249 g/mol. The Hall–Kier alpha value is -1.24. The van der Waals surface area contributed by atoms with E-state index in [0.29, 0.717) is 18.5 Å². The van der Waals surface area contributed by atoms with Gasteiger partial charge in [-0.3, -0.25) is 0 Å². The number of hydrogen-bond acceptors (Lipinski definition) is 6. The van der Waals surface area contributed by atoms with Gasteiger partial charge in [0.15, 0.2) is 0 Å². The highest BCUT2D eigenvalue weighted by Crippen LogP contribution is 2.28. The van der Waals surface area contributed by atoms with Gasteiger partial charge in [-0.15, -0.1) is 0 Å². The summed E-state index contributed by atoms with van der Waals surface area (Å²) in [5.41, 5.74) is 7.95. The molecule has 1 aromatic rings. The predicted molar refractivity (Wildman–Crippen MR) is 68.2 cm³/mol. The zero-order valence-electron chi connectivity index (χ0n) is 10.4. The number of morpholine rings is 1. The molecule has 3 rings (SSSR count). The van der Waals surface area contributed by atoms with Gasteiger partial charge in [-0.25, -0.2) is 9.97 Å². The van der Waals surface area contributed by atoms with Crippen LogP contribution in [-0.2, 0) is 4.74 Å². The maximum absolute atomic E-state index is 5.73. The minimum Gasteiger partial charge on any atom is -0.378 e. The lowest BCUT2D eigenvalue weighted by Crippen LogP contribution is -2.35. The number of anilines is 1.